The maximum absolute atomic E-state index is 9.13. The second-order valence-corrected chi connectivity index (χ2v) is 4.53. The molecule has 2 heterocycles. The van der Waals surface area contributed by atoms with Gasteiger partial charge in [0.2, 0.25) is 0 Å². The fourth-order valence-electron chi connectivity index (χ4n) is 2.19. The van der Waals surface area contributed by atoms with E-state index in [1.54, 1.807) is 23.1 Å². The lowest BCUT2D eigenvalue weighted by atomic mass is 10.2. The molecule has 0 saturated carbocycles. The first-order chi connectivity index (χ1) is 9.83. The number of rotatable bonds is 4. The Kier molecular flexibility index (Phi) is 3.35. The molecule has 0 bridgehead atoms. The second-order valence-electron chi connectivity index (χ2n) is 4.26. The van der Waals surface area contributed by atoms with Crippen LogP contribution in [0.4, 0.5) is 0 Å². The molecule has 0 aliphatic heterocycles. The van der Waals surface area contributed by atoms with Gasteiger partial charge in [-0.05, 0) is 12.1 Å². The minimum Gasteiger partial charge on any atom is -0.325 e. The minimum absolute atomic E-state index is 0.302. The van der Waals surface area contributed by atoms with Crippen LogP contribution in [0.1, 0.15) is 11.4 Å². The lowest BCUT2D eigenvalue weighted by Crippen LogP contribution is -2.10. The van der Waals surface area contributed by atoms with Crippen LogP contribution in [0.25, 0.3) is 11.0 Å². The van der Waals surface area contributed by atoms with Crippen LogP contribution in [0.5, 0.6) is 0 Å². The molecule has 0 radical (unpaired) electrons. The van der Waals surface area contributed by atoms with Crippen molar-refractivity contribution in [3.63, 3.8) is 0 Å². The zero-order valence-electron chi connectivity index (χ0n) is 10.6. The first-order valence-corrected chi connectivity index (χ1v) is 6.65. The standard InChI is InChI=1S/C13H11ClN6/c14-8-12-17-13-10(9-15)2-1-3-11(13)20(12)7-6-19-5-4-16-18-19/h1-5H,6-8H2. The number of aryl methyl sites for hydroxylation is 2. The van der Waals surface area contributed by atoms with E-state index >= 15 is 0 Å². The number of imidazole rings is 1. The quantitative estimate of drug-likeness (QED) is 0.687. The van der Waals surface area contributed by atoms with Gasteiger partial charge in [-0.3, -0.25) is 4.68 Å². The van der Waals surface area contributed by atoms with E-state index in [-0.39, 0.29) is 0 Å². The predicted octanol–water partition coefficient (Wildman–Crippen LogP) is 1.94. The lowest BCUT2D eigenvalue weighted by molar-refractivity contribution is 0.519. The minimum atomic E-state index is 0.302. The molecule has 2 aromatic heterocycles. The maximum atomic E-state index is 9.13. The van der Waals surface area contributed by atoms with Crippen molar-refractivity contribution >= 4 is 22.6 Å². The Hall–Kier alpha value is -2.39. The number of alkyl halides is 1. The van der Waals surface area contributed by atoms with Gasteiger partial charge in [-0.1, -0.05) is 11.3 Å². The summed E-state index contributed by atoms with van der Waals surface area (Å²) in [5, 5.41) is 16.8. The normalized spacial score (nSPS) is 10.8. The van der Waals surface area contributed by atoms with Crippen molar-refractivity contribution < 1.29 is 0 Å². The van der Waals surface area contributed by atoms with Gasteiger partial charge in [-0.15, -0.1) is 16.7 Å². The van der Waals surface area contributed by atoms with Gasteiger partial charge in [0.15, 0.2) is 0 Å². The molecule has 0 fully saturated rings. The number of hydrogen-bond donors (Lipinski definition) is 0. The molecular weight excluding hydrogens is 276 g/mol. The van der Waals surface area contributed by atoms with E-state index in [9.17, 15) is 0 Å². The summed E-state index contributed by atoms with van der Waals surface area (Å²) < 4.78 is 3.77. The van der Waals surface area contributed by atoms with Gasteiger partial charge in [0, 0.05) is 12.7 Å². The summed E-state index contributed by atoms with van der Waals surface area (Å²) in [5.41, 5.74) is 2.18. The van der Waals surface area contributed by atoms with Crippen molar-refractivity contribution in [1.82, 2.24) is 24.5 Å². The van der Waals surface area contributed by atoms with E-state index in [1.165, 1.54) is 0 Å². The summed E-state index contributed by atoms with van der Waals surface area (Å²) in [5.74, 6) is 1.06. The highest BCUT2D eigenvalue weighted by molar-refractivity contribution is 6.16. The summed E-state index contributed by atoms with van der Waals surface area (Å²) in [6.07, 6.45) is 3.45. The fraction of sp³-hybridized carbons (Fsp3) is 0.231. The van der Waals surface area contributed by atoms with E-state index in [0.717, 1.165) is 11.3 Å². The SMILES string of the molecule is N#Cc1cccc2c1nc(CCl)n2CCn1ccnn1. The smallest absolute Gasteiger partial charge is 0.124 e. The summed E-state index contributed by atoms with van der Waals surface area (Å²) in [7, 11) is 0. The molecule has 100 valence electrons. The Morgan fingerprint density at radius 2 is 2.20 bits per heavy atom. The average molecular weight is 287 g/mol. The molecule has 0 saturated heterocycles. The first kappa shape index (κ1) is 12.6. The largest absolute Gasteiger partial charge is 0.325 e. The molecule has 0 N–H and O–H groups in total. The van der Waals surface area contributed by atoms with E-state index < -0.39 is 0 Å². The average Bonchev–Trinajstić information content (AvgIpc) is 3.11. The molecule has 0 unspecified atom stereocenters. The number of para-hydroxylation sites is 1. The first-order valence-electron chi connectivity index (χ1n) is 6.12. The van der Waals surface area contributed by atoms with E-state index in [4.69, 9.17) is 16.9 Å². The van der Waals surface area contributed by atoms with Gasteiger partial charge in [-0.25, -0.2) is 4.98 Å². The molecule has 3 rings (SSSR count). The zero-order valence-corrected chi connectivity index (χ0v) is 11.3. The number of nitrogens with zero attached hydrogens (tertiary/aromatic N) is 6. The Bertz CT molecular complexity index is 768. The lowest BCUT2D eigenvalue weighted by Gasteiger charge is -2.07. The molecule has 20 heavy (non-hydrogen) atoms. The predicted molar refractivity (Wildman–Crippen MR) is 74.0 cm³/mol. The highest BCUT2D eigenvalue weighted by atomic mass is 35.5. The number of nitriles is 1. The maximum Gasteiger partial charge on any atom is 0.124 e. The molecule has 3 aromatic rings. The number of benzene rings is 1. The van der Waals surface area contributed by atoms with Crippen LogP contribution in [0.2, 0.25) is 0 Å². The molecule has 0 spiro atoms. The molecule has 6 nitrogen and oxygen atoms in total. The van der Waals surface area contributed by atoms with E-state index in [0.29, 0.717) is 30.0 Å². The Morgan fingerprint density at radius 3 is 2.90 bits per heavy atom. The topological polar surface area (TPSA) is 72.3 Å². The zero-order chi connectivity index (χ0) is 13.9. The van der Waals surface area contributed by atoms with Crippen molar-refractivity contribution in [2.45, 2.75) is 19.0 Å². The van der Waals surface area contributed by atoms with Crippen LogP contribution in [-0.2, 0) is 19.0 Å². The monoisotopic (exact) mass is 286 g/mol. The van der Waals surface area contributed by atoms with Gasteiger partial charge in [-0.2, -0.15) is 5.26 Å². The van der Waals surface area contributed by atoms with Crippen LogP contribution in [0, 0.1) is 11.3 Å². The highest BCUT2D eigenvalue weighted by Gasteiger charge is 2.12. The molecule has 7 heteroatoms. The third-order valence-electron chi connectivity index (χ3n) is 3.12. The molecule has 0 atom stereocenters. The van der Waals surface area contributed by atoms with Crippen LogP contribution in [0.3, 0.4) is 0 Å². The van der Waals surface area contributed by atoms with Crippen LogP contribution in [0.15, 0.2) is 30.6 Å². The summed E-state index contributed by atoms with van der Waals surface area (Å²) in [4.78, 5) is 4.47. The summed E-state index contributed by atoms with van der Waals surface area (Å²) in [6.45, 7) is 1.35. The van der Waals surface area contributed by atoms with Gasteiger partial charge < -0.3 is 4.57 Å². The summed E-state index contributed by atoms with van der Waals surface area (Å²) >= 11 is 5.96. The van der Waals surface area contributed by atoms with Crippen LogP contribution < -0.4 is 0 Å². The van der Waals surface area contributed by atoms with Gasteiger partial charge >= 0.3 is 0 Å². The van der Waals surface area contributed by atoms with E-state index in [2.05, 4.69) is 21.4 Å². The third-order valence-corrected chi connectivity index (χ3v) is 3.36. The van der Waals surface area contributed by atoms with Gasteiger partial charge in [0.05, 0.1) is 29.7 Å². The highest BCUT2D eigenvalue weighted by Crippen LogP contribution is 2.21. The molecular formula is C13H11ClN6. The Morgan fingerprint density at radius 1 is 1.30 bits per heavy atom. The summed E-state index contributed by atoms with van der Waals surface area (Å²) in [6, 6.07) is 7.72. The van der Waals surface area contributed by atoms with E-state index in [1.807, 2.05) is 16.7 Å². The second kappa shape index (κ2) is 5.31. The van der Waals surface area contributed by atoms with Crippen LogP contribution >= 0.6 is 11.6 Å². The Labute approximate surface area is 120 Å². The molecule has 0 aliphatic carbocycles. The van der Waals surface area contributed by atoms with Crippen molar-refractivity contribution in [3.05, 3.63) is 42.0 Å². The molecule has 0 aliphatic rings. The van der Waals surface area contributed by atoms with Crippen molar-refractivity contribution in [2.75, 3.05) is 0 Å². The Balaban J connectivity index is 2.02. The number of halogens is 1. The number of hydrogen-bond acceptors (Lipinski definition) is 4. The van der Waals surface area contributed by atoms with Gasteiger partial charge in [0.1, 0.15) is 17.4 Å². The van der Waals surface area contributed by atoms with Crippen molar-refractivity contribution in [3.8, 4) is 6.07 Å². The van der Waals surface area contributed by atoms with Crippen LogP contribution in [-0.4, -0.2) is 24.5 Å². The molecule has 1 aromatic carbocycles. The van der Waals surface area contributed by atoms with Crippen molar-refractivity contribution in [2.24, 2.45) is 0 Å². The van der Waals surface area contributed by atoms with Crippen molar-refractivity contribution in [1.29, 1.82) is 5.26 Å². The van der Waals surface area contributed by atoms with Gasteiger partial charge in [0.25, 0.3) is 0 Å². The number of fused-ring (bicyclic) bond motifs is 1. The fourth-order valence-corrected chi connectivity index (χ4v) is 2.40. The number of aromatic nitrogens is 5. The third kappa shape index (κ3) is 2.12. The molecule has 0 amide bonds.